The van der Waals surface area contributed by atoms with Crippen LogP contribution in [0.3, 0.4) is 0 Å². The smallest absolute Gasteiger partial charge is 0.159 e. The van der Waals surface area contributed by atoms with Crippen molar-refractivity contribution in [2.75, 3.05) is 26.2 Å². The molecule has 1 heterocycles. The molecule has 1 aliphatic rings. The maximum atomic E-state index is 11.2. The average molecular weight is 282 g/mol. The van der Waals surface area contributed by atoms with Gasteiger partial charge in [0.05, 0.1) is 11.6 Å². The van der Waals surface area contributed by atoms with E-state index in [1.54, 1.807) is 18.2 Å². The van der Waals surface area contributed by atoms with E-state index in [2.05, 4.69) is 4.90 Å². The number of hydrogen-bond acceptors (Lipinski definition) is 3. The number of hydrogen-bond donors (Lipinski definition) is 0. The summed E-state index contributed by atoms with van der Waals surface area (Å²) in [6, 6.07) is 5.19. The Labute approximate surface area is 119 Å². The van der Waals surface area contributed by atoms with Crippen LogP contribution in [-0.2, 0) is 0 Å². The minimum Gasteiger partial charge on any atom is -0.492 e. The predicted molar refractivity (Wildman–Crippen MR) is 77.2 cm³/mol. The lowest BCUT2D eigenvalue weighted by Gasteiger charge is -2.14. The van der Waals surface area contributed by atoms with Crippen LogP contribution >= 0.6 is 11.6 Å². The third kappa shape index (κ3) is 4.22. The van der Waals surface area contributed by atoms with Crippen LogP contribution in [0, 0.1) is 0 Å². The van der Waals surface area contributed by atoms with Gasteiger partial charge in [0.2, 0.25) is 0 Å². The van der Waals surface area contributed by atoms with Gasteiger partial charge in [-0.25, -0.2) is 0 Å². The van der Waals surface area contributed by atoms with E-state index in [0.717, 1.165) is 13.0 Å². The monoisotopic (exact) mass is 281 g/mol. The lowest BCUT2D eigenvalue weighted by Crippen LogP contribution is -2.21. The second kappa shape index (κ2) is 6.92. The quantitative estimate of drug-likeness (QED) is 0.591. The van der Waals surface area contributed by atoms with Crippen molar-refractivity contribution >= 4 is 17.4 Å². The molecule has 3 nitrogen and oxygen atoms in total. The Morgan fingerprint density at radius 1 is 1.37 bits per heavy atom. The predicted octanol–water partition coefficient (Wildman–Crippen LogP) is 3.41. The standard InChI is InChI=1S/C15H20ClNO2/c1-12(18)13-5-6-15(14(16)11-13)19-10-4-9-17-7-2-3-8-17/h5-6,11H,2-4,7-10H2,1H3. The summed E-state index contributed by atoms with van der Waals surface area (Å²) in [6.07, 6.45) is 3.64. The fourth-order valence-electron chi connectivity index (χ4n) is 2.31. The third-order valence-electron chi connectivity index (χ3n) is 3.41. The molecule has 1 aliphatic heterocycles. The van der Waals surface area contributed by atoms with Crippen LogP contribution in [0.15, 0.2) is 18.2 Å². The maximum Gasteiger partial charge on any atom is 0.159 e. The minimum absolute atomic E-state index is 0.0162. The zero-order valence-corrected chi connectivity index (χ0v) is 12.1. The van der Waals surface area contributed by atoms with Crippen LogP contribution in [0.25, 0.3) is 0 Å². The van der Waals surface area contributed by atoms with Crippen molar-refractivity contribution in [1.82, 2.24) is 4.90 Å². The van der Waals surface area contributed by atoms with Crippen molar-refractivity contribution in [3.8, 4) is 5.75 Å². The Morgan fingerprint density at radius 3 is 2.74 bits per heavy atom. The first-order valence-corrected chi connectivity index (χ1v) is 7.20. The van der Waals surface area contributed by atoms with E-state index >= 15 is 0 Å². The molecule has 1 aromatic rings. The van der Waals surface area contributed by atoms with Crippen molar-refractivity contribution < 1.29 is 9.53 Å². The normalized spacial score (nSPS) is 15.7. The van der Waals surface area contributed by atoms with Crippen LogP contribution in [0.4, 0.5) is 0 Å². The van der Waals surface area contributed by atoms with Gasteiger partial charge in [0.1, 0.15) is 5.75 Å². The molecule has 4 heteroatoms. The van der Waals surface area contributed by atoms with Crippen molar-refractivity contribution in [3.05, 3.63) is 28.8 Å². The molecule has 0 atom stereocenters. The summed E-state index contributed by atoms with van der Waals surface area (Å²) in [7, 11) is 0. The number of benzene rings is 1. The van der Waals surface area contributed by atoms with Crippen LogP contribution in [-0.4, -0.2) is 36.9 Å². The molecule has 0 aliphatic carbocycles. The van der Waals surface area contributed by atoms with Gasteiger partial charge in [-0.2, -0.15) is 0 Å². The van der Waals surface area contributed by atoms with Gasteiger partial charge in [0.25, 0.3) is 0 Å². The summed E-state index contributed by atoms with van der Waals surface area (Å²) in [4.78, 5) is 13.7. The van der Waals surface area contributed by atoms with E-state index in [4.69, 9.17) is 16.3 Å². The molecule has 0 spiro atoms. The molecule has 0 radical (unpaired) electrons. The summed E-state index contributed by atoms with van der Waals surface area (Å²) in [6.45, 7) is 5.71. The van der Waals surface area contributed by atoms with Gasteiger partial charge in [-0.1, -0.05) is 11.6 Å². The van der Waals surface area contributed by atoms with Crippen LogP contribution in [0.2, 0.25) is 5.02 Å². The highest BCUT2D eigenvalue weighted by molar-refractivity contribution is 6.32. The number of rotatable bonds is 6. The number of nitrogens with zero attached hydrogens (tertiary/aromatic N) is 1. The Bertz CT molecular complexity index is 442. The molecule has 1 fully saturated rings. The summed E-state index contributed by atoms with van der Waals surface area (Å²) in [5.41, 5.74) is 0.620. The van der Waals surface area contributed by atoms with Crippen LogP contribution in [0.1, 0.15) is 36.5 Å². The summed E-state index contributed by atoms with van der Waals surface area (Å²) in [5, 5.41) is 0.508. The number of halogens is 1. The molecule has 1 aromatic carbocycles. The molecule has 1 saturated heterocycles. The number of carbonyl (C=O) groups excluding carboxylic acids is 1. The largest absolute Gasteiger partial charge is 0.492 e. The molecule has 0 saturated carbocycles. The van der Waals surface area contributed by atoms with Gasteiger partial charge in [0, 0.05) is 12.1 Å². The highest BCUT2D eigenvalue weighted by Gasteiger charge is 2.11. The summed E-state index contributed by atoms with van der Waals surface area (Å²) in [5.74, 6) is 0.676. The SMILES string of the molecule is CC(=O)c1ccc(OCCCN2CCCC2)c(Cl)c1. The van der Waals surface area contributed by atoms with E-state index in [1.807, 2.05) is 0 Å². The summed E-state index contributed by atoms with van der Waals surface area (Å²) < 4.78 is 5.66. The van der Waals surface area contributed by atoms with Crippen LogP contribution < -0.4 is 4.74 Å². The molecule has 2 rings (SSSR count). The lowest BCUT2D eigenvalue weighted by molar-refractivity contribution is 0.101. The topological polar surface area (TPSA) is 29.5 Å². The highest BCUT2D eigenvalue weighted by Crippen LogP contribution is 2.25. The Kier molecular flexibility index (Phi) is 5.23. The first-order chi connectivity index (χ1) is 9.16. The zero-order valence-electron chi connectivity index (χ0n) is 11.3. The molecule has 0 amide bonds. The second-order valence-electron chi connectivity index (χ2n) is 4.95. The molecule has 0 bridgehead atoms. The fourth-order valence-corrected chi connectivity index (χ4v) is 2.55. The van der Waals surface area contributed by atoms with Crippen molar-refractivity contribution in [1.29, 1.82) is 0 Å². The van der Waals surface area contributed by atoms with E-state index in [-0.39, 0.29) is 5.78 Å². The van der Waals surface area contributed by atoms with E-state index in [1.165, 1.54) is 32.9 Å². The highest BCUT2D eigenvalue weighted by atomic mass is 35.5. The zero-order chi connectivity index (χ0) is 13.7. The second-order valence-corrected chi connectivity index (χ2v) is 5.36. The van der Waals surface area contributed by atoms with Gasteiger partial charge in [-0.05, 0) is 57.5 Å². The van der Waals surface area contributed by atoms with Gasteiger partial charge in [-0.3, -0.25) is 4.79 Å². The first kappa shape index (κ1) is 14.4. The van der Waals surface area contributed by atoms with Gasteiger partial charge < -0.3 is 9.64 Å². The number of ether oxygens (including phenoxy) is 1. The first-order valence-electron chi connectivity index (χ1n) is 6.82. The van der Waals surface area contributed by atoms with Gasteiger partial charge in [-0.15, -0.1) is 0 Å². The molecular formula is C15H20ClNO2. The fraction of sp³-hybridized carbons (Fsp3) is 0.533. The number of likely N-dealkylation sites (tertiary alicyclic amines) is 1. The average Bonchev–Trinajstić information content (AvgIpc) is 2.89. The summed E-state index contributed by atoms with van der Waals surface area (Å²) >= 11 is 6.09. The molecule has 104 valence electrons. The third-order valence-corrected chi connectivity index (χ3v) is 3.71. The van der Waals surface area contributed by atoms with E-state index in [0.29, 0.717) is 22.9 Å². The van der Waals surface area contributed by atoms with E-state index < -0.39 is 0 Å². The molecular weight excluding hydrogens is 262 g/mol. The molecule has 19 heavy (non-hydrogen) atoms. The van der Waals surface area contributed by atoms with Gasteiger partial charge in [0.15, 0.2) is 5.78 Å². The number of Topliss-reactive ketones (excluding diaryl/α,β-unsaturated/α-hetero) is 1. The lowest BCUT2D eigenvalue weighted by atomic mass is 10.1. The molecule has 0 unspecified atom stereocenters. The minimum atomic E-state index is 0.0162. The Hall–Kier alpha value is -1.06. The Balaban J connectivity index is 1.77. The van der Waals surface area contributed by atoms with Crippen LogP contribution in [0.5, 0.6) is 5.75 Å². The van der Waals surface area contributed by atoms with Gasteiger partial charge >= 0.3 is 0 Å². The molecule has 0 aromatic heterocycles. The Morgan fingerprint density at radius 2 is 2.11 bits per heavy atom. The van der Waals surface area contributed by atoms with Crippen molar-refractivity contribution in [3.63, 3.8) is 0 Å². The van der Waals surface area contributed by atoms with E-state index in [9.17, 15) is 4.79 Å². The molecule has 0 N–H and O–H groups in total. The van der Waals surface area contributed by atoms with Crippen molar-refractivity contribution in [2.45, 2.75) is 26.2 Å². The maximum absolute atomic E-state index is 11.2. The van der Waals surface area contributed by atoms with Crippen molar-refractivity contribution in [2.24, 2.45) is 0 Å². The number of carbonyl (C=O) groups is 1. The number of ketones is 1.